The van der Waals surface area contributed by atoms with Gasteiger partial charge in [-0.3, -0.25) is 4.90 Å². The molecule has 9 heteroatoms. The number of alkyl halides is 3. The quantitative estimate of drug-likeness (QED) is 0.315. The van der Waals surface area contributed by atoms with E-state index in [2.05, 4.69) is 46.3 Å². The van der Waals surface area contributed by atoms with Gasteiger partial charge in [0.15, 0.2) is 5.96 Å². The molecule has 1 unspecified atom stereocenters. The van der Waals surface area contributed by atoms with Crippen molar-refractivity contribution in [2.45, 2.75) is 39.5 Å². The topological polar surface area (TPSA) is 42.9 Å². The van der Waals surface area contributed by atoms with E-state index in [1.54, 1.807) is 0 Å². The summed E-state index contributed by atoms with van der Waals surface area (Å²) < 4.78 is 38.1. The van der Waals surface area contributed by atoms with Crippen LogP contribution in [0.3, 0.4) is 0 Å². The predicted molar refractivity (Wildman–Crippen MR) is 127 cm³/mol. The lowest BCUT2D eigenvalue weighted by Crippen LogP contribution is -2.55. The molecule has 1 fully saturated rings. The first kappa shape index (κ1) is 27.0. The molecule has 1 aromatic carbocycles. The third-order valence-electron chi connectivity index (χ3n) is 5.30. The molecule has 30 heavy (non-hydrogen) atoms. The highest BCUT2D eigenvalue weighted by Crippen LogP contribution is 2.29. The van der Waals surface area contributed by atoms with Crippen LogP contribution in [0.25, 0.3) is 0 Å². The van der Waals surface area contributed by atoms with E-state index in [1.165, 1.54) is 12.1 Å². The Bertz CT molecular complexity index is 641. The van der Waals surface area contributed by atoms with Gasteiger partial charge in [0.1, 0.15) is 0 Å². The fourth-order valence-electron chi connectivity index (χ4n) is 3.45. The third kappa shape index (κ3) is 8.58. The minimum absolute atomic E-state index is 0. The van der Waals surface area contributed by atoms with Crippen molar-refractivity contribution >= 4 is 29.9 Å². The third-order valence-corrected chi connectivity index (χ3v) is 5.30. The maximum Gasteiger partial charge on any atom is 0.416 e. The average molecular weight is 541 g/mol. The average Bonchev–Trinajstić information content (AvgIpc) is 2.67. The Labute approximate surface area is 195 Å². The molecule has 0 radical (unpaired) electrons. The smallest absolute Gasteiger partial charge is 0.357 e. The normalized spacial score (nSPS) is 17.5. The van der Waals surface area contributed by atoms with Gasteiger partial charge in [0.25, 0.3) is 0 Å². The highest BCUT2D eigenvalue weighted by atomic mass is 127. The Morgan fingerprint density at radius 3 is 2.17 bits per heavy atom. The summed E-state index contributed by atoms with van der Waals surface area (Å²) in [5.41, 5.74) is 0.108. The summed E-state index contributed by atoms with van der Waals surface area (Å²) in [6.07, 6.45) is -4.31. The molecule has 0 saturated carbocycles. The van der Waals surface area contributed by atoms with Crippen molar-refractivity contribution in [3.63, 3.8) is 0 Å². The van der Waals surface area contributed by atoms with Crippen LogP contribution in [-0.2, 0) is 12.7 Å². The number of nitrogens with zero attached hydrogens (tertiary/aromatic N) is 3. The van der Waals surface area contributed by atoms with Crippen LogP contribution in [0.1, 0.15) is 31.9 Å². The van der Waals surface area contributed by atoms with Crippen LogP contribution in [0.4, 0.5) is 13.2 Å². The van der Waals surface area contributed by atoms with Gasteiger partial charge in [-0.15, -0.1) is 24.0 Å². The molecule has 5 nitrogen and oxygen atoms in total. The maximum atomic E-state index is 12.7. The number of hydrogen-bond donors (Lipinski definition) is 2. The molecular weight excluding hydrogens is 506 g/mol. The molecule has 1 heterocycles. The Morgan fingerprint density at radius 2 is 1.67 bits per heavy atom. The largest absolute Gasteiger partial charge is 0.416 e. The number of guanidine groups is 1. The van der Waals surface area contributed by atoms with Crippen LogP contribution >= 0.6 is 24.0 Å². The van der Waals surface area contributed by atoms with Gasteiger partial charge in [0.2, 0.25) is 0 Å². The van der Waals surface area contributed by atoms with Gasteiger partial charge in [0.05, 0.1) is 12.1 Å². The molecule has 1 saturated heterocycles. The van der Waals surface area contributed by atoms with E-state index in [4.69, 9.17) is 0 Å². The van der Waals surface area contributed by atoms with E-state index in [1.807, 2.05) is 6.92 Å². The van der Waals surface area contributed by atoms with E-state index in [0.29, 0.717) is 24.5 Å². The molecule has 1 aliphatic rings. The summed E-state index contributed by atoms with van der Waals surface area (Å²) in [7, 11) is 2.15. The fourth-order valence-corrected chi connectivity index (χ4v) is 3.45. The molecule has 0 bridgehead atoms. The van der Waals surface area contributed by atoms with Crippen LogP contribution < -0.4 is 10.6 Å². The molecule has 0 aromatic heterocycles. The van der Waals surface area contributed by atoms with Crippen molar-refractivity contribution in [1.29, 1.82) is 0 Å². The van der Waals surface area contributed by atoms with Crippen LogP contribution in [0.5, 0.6) is 0 Å². The van der Waals surface area contributed by atoms with Crippen LogP contribution in [-0.4, -0.2) is 68.1 Å². The first-order valence-electron chi connectivity index (χ1n) is 10.3. The van der Waals surface area contributed by atoms with Gasteiger partial charge in [-0.1, -0.05) is 26.0 Å². The number of benzene rings is 1. The monoisotopic (exact) mass is 541 g/mol. The molecule has 2 rings (SSSR count). The zero-order chi connectivity index (χ0) is 21.4. The van der Waals surface area contributed by atoms with Crippen LogP contribution in [0, 0.1) is 5.92 Å². The van der Waals surface area contributed by atoms with Gasteiger partial charge in [-0.2, -0.15) is 13.2 Å². The lowest BCUT2D eigenvalue weighted by atomic mass is 10.0. The van der Waals surface area contributed by atoms with Gasteiger partial charge >= 0.3 is 6.18 Å². The Hall–Kier alpha value is -1.07. The standard InChI is InChI=1S/C21H34F3N5.HI/c1-5-25-20(26-14-17-6-8-18(9-7-17)21(22,23)24)27-15-19(16(2)3)29-12-10-28(4)11-13-29;/h6-9,16,19H,5,10-15H2,1-4H3,(H2,25,26,27);1H. The Morgan fingerprint density at radius 1 is 1.07 bits per heavy atom. The van der Waals surface area contributed by atoms with E-state index < -0.39 is 11.7 Å². The fraction of sp³-hybridized carbons (Fsp3) is 0.667. The number of piperazine rings is 1. The summed E-state index contributed by atoms with van der Waals surface area (Å²) in [5.74, 6) is 1.19. The van der Waals surface area contributed by atoms with Crippen molar-refractivity contribution in [2.24, 2.45) is 10.9 Å². The Balaban J connectivity index is 0.00000450. The second kappa shape index (κ2) is 12.7. The van der Waals surface area contributed by atoms with Crippen molar-refractivity contribution in [3.05, 3.63) is 35.4 Å². The molecule has 0 spiro atoms. The molecule has 0 aliphatic carbocycles. The van der Waals surface area contributed by atoms with Gasteiger partial charge in [0, 0.05) is 45.3 Å². The SMILES string of the molecule is CCNC(=NCc1ccc(C(F)(F)F)cc1)NCC(C(C)C)N1CCN(C)CC1.I. The van der Waals surface area contributed by atoms with E-state index in [0.717, 1.165) is 57.0 Å². The number of rotatable bonds is 7. The van der Waals surface area contributed by atoms with Crippen molar-refractivity contribution in [3.8, 4) is 0 Å². The summed E-state index contributed by atoms with van der Waals surface area (Å²) in [4.78, 5) is 9.42. The summed E-state index contributed by atoms with van der Waals surface area (Å²) in [5, 5.41) is 6.65. The van der Waals surface area contributed by atoms with E-state index in [9.17, 15) is 13.2 Å². The lowest BCUT2D eigenvalue weighted by molar-refractivity contribution is -0.137. The van der Waals surface area contributed by atoms with E-state index in [-0.39, 0.29) is 24.0 Å². The molecule has 1 aromatic rings. The van der Waals surface area contributed by atoms with Gasteiger partial charge in [-0.05, 0) is 37.6 Å². The van der Waals surface area contributed by atoms with Gasteiger partial charge < -0.3 is 15.5 Å². The maximum absolute atomic E-state index is 12.7. The second-order valence-corrected chi connectivity index (χ2v) is 7.92. The minimum Gasteiger partial charge on any atom is -0.357 e. The first-order valence-corrected chi connectivity index (χ1v) is 10.3. The number of nitrogens with one attached hydrogen (secondary N) is 2. The van der Waals surface area contributed by atoms with E-state index >= 15 is 0 Å². The zero-order valence-corrected chi connectivity index (χ0v) is 20.6. The van der Waals surface area contributed by atoms with Crippen molar-refractivity contribution < 1.29 is 13.2 Å². The lowest BCUT2D eigenvalue weighted by Gasteiger charge is -2.40. The molecule has 0 amide bonds. The highest BCUT2D eigenvalue weighted by molar-refractivity contribution is 14.0. The molecule has 1 aliphatic heterocycles. The number of aliphatic imine (C=N–C) groups is 1. The Kier molecular flexibility index (Phi) is 11.4. The van der Waals surface area contributed by atoms with Crippen LogP contribution in [0.15, 0.2) is 29.3 Å². The minimum atomic E-state index is -4.31. The molecule has 1 atom stereocenters. The van der Waals surface area contributed by atoms with Gasteiger partial charge in [-0.25, -0.2) is 4.99 Å². The molecule has 2 N–H and O–H groups in total. The first-order chi connectivity index (χ1) is 13.7. The van der Waals surface area contributed by atoms with Crippen LogP contribution in [0.2, 0.25) is 0 Å². The van der Waals surface area contributed by atoms with Crippen molar-refractivity contribution in [1.82, 2.24) is 20.4 Å². The van der Waals surface area contributed by atoms with Crippen molar-refractivity contribution in [2.75, 3.05) is 46.3 Å². The predicted octanol–water partition coefficient (Wildman–Crippen LogP) is 3.65. The molecular formula is C21H35F3IN5. The summed E-state index contributed by atoms with van der Waals surface area (Å²) >= 11 is 0. The molecule has 172 valence electrons. The number of halogens is 4. The highest BCUT2D eigenvalue weighted by Gasteiger charge is 2.30. The zero-order valence-electron chi connectivity index (χ0n) is 18.3. The number of hydrogen-bond acceptors (Lipinski definition) is 3. The number of likely N-dealkylation sites (N-methyl/N-ethyl adjacent to an activating group) is 1. The second-order valence-electron chi connectivity index (χ2n) is 7.92. The summed E-state index contributed by atoms with van der Waals surface area (Å²) in [6.45, 7) is 12.6. The summed E-state index contributed by atoms with van der Waals surface area (Å²) in [6, 6.07) is 5.58.